The van der Waals surface area contributed by atoms with E-state index in [-0.39, 0.29) is 11.9 Å². The number of amides is 1. The summed E-state index contributed by atoms with van der Waals surface area (Å²) >= 11 is 0. The molecule has 1 heterocycles. The number of aromatic nitrogens is 2. The van der Waals surface area contributed by atoms with E-state index in [1.165, 1.54) is 18.7 Å². The first kappa shape index (κ1) is 13.5. The monoisotopic (exact) mass is 263 g/mol. The Morgan fingerprint density at radius 1 is 1.16 bits per heavy atom. The Morgan fingerprint density at radius 2 is 1.84 bits per heavy atom. The Hall–Kier alpha value is -1.98. The topological polar surface area (TPSA) is 92.2 Å². The second-order valence-corrected chi connectivity index (χ2v) is 4.79. The molecule has 1 amide bonds. The molecule has 6 nitrogen and oxygen atoms in total. The second kappa shape index (κ2) is 6.26. The Bertz CT molecular complexity index is 450. The third-order valence-electron chi connectivity index (χ3n) is 3.47. The number of carboxylic acid groups (broad SMARTS) is 1. The molecule has 1 aliphatic rings. The maximum atomic E-state index is 12.0. The molecule has 0 aromatic carbocycles. The van der Waals surface area contributed by atoms with Gasteiger partial charge in [-0.15, -0.1) is 0 Å². The number of nitrogens with zero attached hydrogens (tertiary/aromatic N) is 2. The number of aliphatic carboxylic acids is 1. The standard InChI is InChI=1S/C13H17N3O3/c17-12(9-6-14-8-15-7-9)16-11-5-3-1-2-4-10(11)13(18)19/h6-8,10-11H,1-5H2,(H,16,17)(H,18,19)/t10-,11+/m1/s1. The average Bonchev–Trinajstić information content (AvgIpc) is 2.65. The largest absolute Gasteiger partial charge is 0.481 e. The molecule has 0 unspecified atom stereocenters. The van der Waals surface area contributed by atoms with E-state index in [0.29, 0.717) is 18.4 Å². The highest BCUT2D eigenvalue weighted by molar-refractivity contribution is 5.94. The van der Waals surface area contributed by atoms with Gasteiger partial charge in [-0.1, -0.05) is 19.3 Å². The lowest BCUT2D eigenvalue weighted by Gasteiger charge is -2.22. The third kappa shape index (κ3) is 3.49. The lowest BCUT2D eigenvalue weighted by atomic mass is 9.94. The van der Waals surface area contributed by atoms with Gasteiger partial charge in [-0.25, -0.2) is 9.97 Å². The van der Waals surface area contributed by atoms with Crippen molar-refractivity contribution >= 4 is 11.9 Å². The highest BCUT2D eigenvalue weighted by atomic mass is 16.4. The predicted octanol–water partition coefficient (Wildman–Crippen LogP) is 1.24. The van der Waals surface area contributed by atoms with Crippen molar-refractivity contribution in [1.82, 2.24) is 15.3 Å². The van der Waals surface area contributed by atoms with Gasteiger partial charge in [0, 0.05) is 18.4 Å². The zero-order chi connectivity index (χ0) is 13.7. The number of carbonyl (C=O) groups is 2. The van der Waals surface area contributed by atoms with E-state index >= 15 is 0 Å². The van der Waals surface area contributed by atoms with Crippen LogP contribution in [0.1, 0.15) is 42.5 Å². The minimum atomic E-state index is -0.837. The SMILES string of the molecule is O=C(N[C@H]1CCCCC[C@H]1C(=O)O)c1cncnc1. The zero-order valence-corrected chi connectivity index (χ0v) is 10.6. The average molecular weight is 263 g/mol. The molecule has 0 radical (unpaired) electrons. The van der Waals surface area contributed by atoms with Crippen molar-refractivity contribution in [2.45, 2.75) is 38.1 Å². The number of nitrogens with one attached hydrogen (secondary N) is 1. The summed E-state index contributed by atoms with van der Waals surface area (Å²) in [6, 6.07) is -0.312. The second-order valence-electron chi connectivity index (χ2n) is 4.79. The smallest absolute Gasteiger partial charge is 0.308 e. The molecule has 2 rings (SSSR count). The molecule has 0 bridgehead atoms. The molecule has 1 aromatic rings. The highest BCUT2D eigenvalue weighted by Gasteiger charge is 2.30. The molecule has 0 aliphatic heterocycles. The number of carbonyl (C=O) groups excluding carboxylic acids is 1. The first-order valence-corrected chi connectivity index (χ1v) is 6.47. The molecule has 1 saturated carbocycles. The normalized spacial score (nSPS) is 23.4. The summed E-state index contributed by atoms with van der Waals surface area (Å²) in [5, 5.41) is 12.0. The minimum Gasteiger partial charge on any atom is -0.481 e. The van der Waals surface area contributed by atoms with Crippen molar-refractivity contribution in [3.8, 4) is 0 Å². The summed E-state index contributed by atoms with van der Waals surface area (Å²) in [7, 11) is 0. The number of rotatable bonds is 3. The summed E-state index contributed by atoms with van der Waals surface area (Å²) in [4.78, 5) is 30.8. The molecular formula is C13H17N3O3. The van der Waals surface area contributed by atoms with Crippen LogP contribution in [0.5, 0.6) is 0 Å². The summed E-state index contributed by atoms with van der Waals surface area (Å²) < 4.78 is 0. The highest BCUT2D eigenvalue weighted by Crippen LogP contribution is 2.24. The fourth-order valence-electron chi connectivity index (χ4n) is 2.44. The van der Waals surface area contributed by atoms with Gasteiger partial charge < -0.3 is 10.4 Å². The van der Waals surface area contributed by atoms with E-state index in [0.717, 1.165) is 19.3 Å². The van der Waals surface area contributed by atoms with Crippen molar-refractivity contribution < 1.29 is 14.7 Å². The Kier molecular flexibility index (Phi) is 4.43. The summed E-state index contributed by atoms with van der Waals surface area (Å²) in [5.74, 6) is -1.65. The van der Waals surface area contributed by atoms with Crippen molar-refractivity contribution in [3.63, 3.8) is 0 Å². The van der Waals surface area contributed by atoms with Gasteiger partial charge in [0.05, 0.1) is 11.5 Å². The van der Waals surface area contributed by atoms with Gasteiger partial charge in [0.2, 0.25) is 0 Å². The van der Waals surface area contributed by atoms with Crippen molar-refractivity contribution in [3.05, 3.63) is 24.3 Å². The summed E-state index contributed by atoms with van der Waals surface area (Å²) in [6.45, 7) is 0. The predicted molar refractivity (Wildman–Crippen MR) is 67.5 cm³/mol. The maximum absolute atomic E-state index is 12.0. The van der Waals surface area contributed by atoms with Crippen LogP contribution < -0.4 is 5.32 Å². The Morgan fingerprint density at radius 3 is 2.53 bits per heavy atom. The molecule has 6 heteroatoms. The number of carboxylic acids is 1. The molecule has 0 spiro atoms. The molecule has 2 atom stereocenters. The van der Waals surface area contributed by atoms with Gasteiger partial charge >= 0.3 is 5.97 Å². The lowest BCUT2D eigenvalue weighted by Crippen LogP contribution is -2.42. The van der Waals surface area contributed by atoms with Gasteiger partial charge in [0.1, 0.15) is 6.33 Å². The molecule has 19 heavy (non-hydrogen) atoms. The lowest BCUT2D eigenvalue weighted by molar-refractivity contribution is -0.142. The van der Waals surface area contributed by atoms with E-state index < -0.39 is 11.9 Å². The van der Waals surface area contributed by atoms with Crippen molar-refractivity contribution in [2.24, 2.45) is 5.92 Å². The van der Waals surface area contributed by atoms with Gasteiger partial charge in [-0.2, -0.15) is 0 Å². The van der Waals surface area contributed by atoms with E-state index in [2.05, 4.69) is 15.3 Å². The van der Waals surface area contributed by atoms with Crippen LogP contribution >= 0.6 is 0 Å². The van der Waals surface area contributed by atoms with Crippen molar-refractivity contribution in [2.75, 3.05) is 0 Å². The first-order valence-electron chi connectivity index (χ1n) is 6.47. The Balaban J connectivity index is 2.06. The molecule has 1 fully saturated rings. The molecule has 1 aromatic heterocycles. The molecule has 1 aliphatic carbocycles. The van der Waals surface area contributed by atoms with Crippen LogP contribution in [-0.2, 0) is 4.79 Å². The van der Waals surface area contributed by atoms with Crippen LogP contribution in [-0.4, -0.2) is 33.0 Å². The third-order valence-corrected chi connectivity index (χ3v) is 3.47. The van der Waals surface area contributed by atoms with Crippen LogP contribution in [0.2, 0.25) is 0 Å². The molecular weight excluding hydrogens is 246 g/mol. The molecule has 2 N–H and O–H groups in total. The quantitative estimate of drug-likeness (QED) is 0.800. The van der Waals surface area contributed by atoms with Gasteiger partial charge in [0.25, 0.3) is 5.91 Å². The van der Waals surface area contributed by atoms with Crippen LogP contribution in [0.4, 0.5) is 0 Å². The van der Waals surface area contributed by atoms with Crippen molar-refractivity contribution in [1.29, 1.82) is 0 Å². The maximum Gasteiger partial charge on any atom is 0.308 e. The summed E-state index contributed by atoms with van der Waals surface area (Å²) in [6.07, 6.45) is 8.39. The molecule has 0 saturated heterocycles. The van der Waals surface area contributed by atoms with E-state index in [1.54, 1.807) is 0 Å². The fourth-order valence-corrected chi connectivity index (χ4v) is 2.44. The number of hydrogen-bond donors (Lipinski definition) is 2. The van der Waals surface area contributed by atoms with Crippen LogP contribution in [0.3, 0.4) is 0 Å². The van der Waals surface area contributed by atoms with E-state index in [9.17, 15) is 14.7 Å². The van der Waals surface area contributed by atoms with Gasteiger partial charge in [0.15, 0.2) is 0 Å². The Labute approximate surface area is 111 Å². The van der Waals surface area contributed by atoms with E-state index in [1.807, 2.05) is 0 Å². The zero-order valence-electron chi connectivity index (χ0n) is 10.6. The number of hydrogen-bond acceptors (Lipinski definition) is 4. The van der Waals surface area contributed by atoms with Crippen LogP contribution in [0.15, 0.2) is 18.7 Å². The van der Waals surface area contributed by atoms with Crippen LogP contribution in [0.25, 0.3) is 0 Å². The van der Waals surface area contributed by atoms with Gasteiger partial charge in [-0.3, -0.25) is 9.59 Å². The minimum absolute atomic E-state index is 0.307. The van der Waals surface area contributed by atoms with Crippen LogP contribution in [0, 0.1) is 5.92 Å². The first-order chi connectivity index (χ1) is 9.18. The molecule has 102 valence electrons. The van der Waals surface area contributed by atoms with E-state index in [4.69, 9.17) is 0 Å². The van der Waals surface area contributed by atoms with Gasteiger partial charge in [-0.05, 0) is 12.8 Å². The fraction of sp³-hybridized carbons (Fsp3) is 0.538. The summed E-state index contributed by atoms with van der Waals surface area (Å²) in [5.41, 5.74) is 0.357.